The summed E-state index contributed by atoms with van der Waals surface area (Å²) in [5.41, 5.74) is 4.99. The van der Waals surface area contributed by atoms with Gasteiger partial charge in [0.05, 0.1) is 18.1 Å². The second kappa shape index (κ2) is 4.83. The predicted molar refractivity (Wildman–Crippen MR) is 88.9 cm³/mol. The Morgan fingerprint density at radius 1 is 1.09 bits per heavy atom. The zero-order valence-corrected chi connectivity index (χ0v) is 13.0. The molecule has 0 radical (unpaired) electrons. The normalized spacial score (nSPS) is 27.1. The van der Waals surface area contributed by atoms with Crippen LogP contribution in [-0.4, -0.2) is 0 Å². The molecule has 0 N–H and O–H groups in total. The molecule has 0 saturated carbocycles. The Morgan fingerprint density at radius 2 is 1.87 bits per heavy atom. The largest absolute Gasteiger partial charge is 0.197 e. The third-order valence-electron chi connectivity index (χ3n) is 5.33. The first kappa shape index (κ1) is 13.8. The van der Waals surface area contributed by atoms with E-state index in [9.17, 15) is 10.5 Å². The average molecular weight is 296 g/mol. The molecule has 2 aliphatic rings. The maximum absolute atomic E-state index is 10.1. The molecule has 0 spiro atoms. The molecule has 0 bridgehead atoms. The lowest BCUT2D eigenvalue weighted by atomic mass is 9.67. The summed E-state index contributed by atoms with van der Waals surface area (Å²) in [4.78, 5) is 0. The summed E-state index contributed by atoms with van der Waals surface area (Å²) in [5.74, 6) is -0.138. The molecule has 0 aromatic heterocycles. The Balaban J connectivity index is 2.01. The average Bonchev–Trinajstić information content (AvgIpc) is 2.94. The summed E-state index contributed by atoms with van der Waals surface area (Å²) in [6.45, 7) is 2.04. The van der Waals surface area contributed by atoms with Crippen molar-refractivity contribution < 1.29 is 0 Å². The number of benzene rings is 2. The first-order valence-corrected chi connectivity index (χ1v) is 7.89. The van der Waals surface area contributed by atoms with Crippen molar-refractivity contribution in [3.8, 4) is 12.1 Å². The van der Waals surface area contributed by atoms with Crippen LogP contribution in [-0.2, 0) is 11.8 Å². The van der Waals surface area contributed by atoms with Crippen LogP contribution >= 0.6 is 0 Å². The van der Waals surface area contributed by atoms with Gasteiger partial charge in [-0.25, -0.2) is 0 Å². The van der Waals surface area contributed by atoms with Gasteiger partial charge in [0.1, 0.15) is 5.41 Å². The van der Waals surface area contributed by atoms with Gasteiger partial charge in [-0.05, 0) is 41.2 Å². The maximum atomic E-state index is 10.1. The van der Waals surface area contributed by atoms with E-state index in [2.05, 4.69) is 36.4 Å². The second-order valence-corrected chi connectivity index (χ2v) is 6.44. The lowest BCUT2D eigenvalue weighted by Gasteiger charge is -2.33. The molecule has 4 rings (SSSR count). The standard InChI is InChI=1S/C21H16N2/c1-14-7-8-16-11-18(15-5-3-2-4-6-15)21(13-23)10-9-17(12-22)19(14)20(16)21/h2-10,17-18H,11H2,1H3/t17-,18?,21-/m0/s1. The highest BCUT2D eigenvalue weighted by atomic mass is 14.5. The summed E-state index contributed by atoms with van der Waals surface area (Å²) in [6, 6.07) is 19.5. The van der Waals surface area contributed by atoms with Crippen molar-refractivity contribution in [2.45, 2.75) is 30.6 Å². The van der Waals surface area contributed by atoms with E-state index in [0.717, 1.165) is 23.1 Å². The van der Waals surface area contributed by atoms with Crippen LogP contribution in [0.2, 0.25) is 0 Å². The highest BCUT2D eigenvalue weighted by Gasteiger charge is 2.50. The number of aryl methyl sites for hydroxylation is 1. The fourth-order valence-corrected chi connectivity index (χ4v) is 4.27. The van der Waals surface area contributed by atoms with E-state index in [1.165, 1.54) is 11.1 Å². The highest BCUT2D eigenvalue weighted by molar-refractivity contribution is 5.64. The second-order valence-electron chi connectivity index (χ2n) is 6.44. The summed E-state index contributed by atoms with van der Waals surface area (Å²) in [7, 11) is 0. The van der Waals surface area contributed by atoms with Gasteiger partial charge < -0.3 is 0 Å². The van der Waals surface area contributed by atoms with Gasteiger partial charge in [-0.2, -0.15) is 10.5 Å². The summed E-state index contributed by atoms with van der Waals surface area (Å²) in [6.07, 6.45) is 4.75. The molecule has 2 aromatic carbocycles. The molecule has 0 aliphatic heterocycles. The van der Waals surface area contributed by atoms with E-state index in [1.807, 2.05) is 37.3 Å². The lowest BCUT2D eigenvalue weighted by molar-refractivity contribution is 0.555. The number of nitrogens with zero attached hydrogens (tertiary/aromatic N) is 2. The van der Waals surface area contributed by atoms with Crippen LogP contribution in [0.5, 0.6) is 0 Å². The van der Waals surface area contributed by atoms with Crippen molar-refractivity contribution in [1.82, 2.24) is 0 Å². The molecule has 0 amide bonds. The molecular formula is C21H16N2. The first-order chi connectivity index (χ1) is 11.2. The molecule has 0 fully saturated rings. The van der Waals surface area contributed by atoms with Crippen LogP contribution in [0.1, 0.15) is 39.7 Å². The summed E-state index contributed by atoms with van der Waals surface area (Å²) < 4.78 is 0. The molecule has 0 saturated heterocycles. The molecule has 110 valence electrons. The van der Waals surface area contributed by atoms with Crippen LogP contribution in [0.15, 0.2) is 54.6 Å². The van der Waals surface area contributed by atoms with E-state index in [1.54, 1.807) is 0 Å². The summed E-state index contributed by atoms with van der Waals surface area (Å²) >= 11 is 0. The van der Waals surface area contributed by atoms with Gasteiger partial charge in [-0.15, -0.1) is 0 Å². The van der Waals surface area contributed by atoms with Crippen LogP contribution < -0.4 is 0 Å². The topological polar surface area (TPSA) is 47.6 Å². The fraction of sp³-hybridized carbons (Fsp3) is 0.238. The number of rotatable bonds is 1. The van der Waals surface area contributed by atoms with Crippen LogP contribution in [0.3, 0.4) is 0 Å². The van der Waals surface area contributed by atoms with Crippen LogP contribution in [0, 0.1) is 29.6 Å². The number of hydrogen-bond donors (Lipinski definition) is 0. The van der Waals surface area contributed by atoms with Gasteiger partial charge in [0.25, 0.3) is 0 Å². The predicted octanol–water partition coefficient (Wildman–Crippen LogP) is 4.27. The molecule has 23 heavy (non-hydrogen) atoms. The van der Waals surface area contributed by atoms with Crippen molar-refractivity contribution in [2.24, 2.45) is 0 Å². The Labute approximate surface area is 136 Å². The molecule has 2 heteroatoms. The van der Waals surface area contributed by atoms with E-state index in [4.69, 9.17) is 0 Å². The van der Waals surface area contributed by atoms with E-state index >= 15 is 0 Å². The highest BCUT2D eigenvalue weighted by Crippen LogP contribution is 2.54. The van der Waals surface area contributed by atoms with E-state index in [0.29, 0.717) is 0 Å². The Hall–Kier alpha value is -2.84. The van der Waals surface area contributed by atoms with Gasteiger partial charge >= 0.3 is 0 Å². The zero-order valence-electron chi connectivity index (χ0n) is 13.0. The van der Waals surface area contributed by atoms with Gasteiger partial charge in [-0.3, -0.25) is 0 Å². The van der Waals surface area contributed by atoms with Crippen molar-refractivity contribution in [3.63, 3.8) is 0 Å². The molecule has 0 heterocycles. The number of nitriles is 2. The third-order valence-corrected chi connectivity index (χ3v) is 5.33. The minimum Gasteiger partial charge on any atom is -0.197 e. The van der Waals surface area contributed by atoms with Gasteiger partial charge in [0.15, 0.2) is 0 Å². The molecule has 2 nitrogen and oxygen atoms in total. The molecule has 2 aliphatic carbocycles. The van der Waals surface area contributed by atoms with Crippen molar-refractivity contribution >= 4 is 0 Å². The Morgan fingerprint density at radius 3 is 2.57 bits per heavy atom. The minimum absolute atomic E-state index is 0.111. The Kier molecular flexibility index (Phi) is 2.90. The number of hydrogen-bond acceptors (Lipinski definition) is 2. The summed E-state index contributed by atoms with van der Waals surface area (Å²) in [5, 5.41) is 19.6. The zero-order chi connectivity index (χ0) is 16.0. The maximum Gasteiger partial charge on any atom is 0.108 e. The molecular weight excluding hydrogens is 280 g/mol. The van der Waals surface area contributed by atoms with E-state index in [-0.39, 0.29) is 11.8 Å². The molecule has 1 unspecified atom stereocenters. The van der Waals surface area contributed by atoms with Crippen molar-refractivity contribution in [1.29, 1.82) is 10.5 Å². The van der Waals surface area contributed by atoms with E-state index < -0.39 is 5.41 Å². The quantitative estimate of drug-likeness (QED) is 0.738. The van der Waals surface area contributed by atoms with Gasteiger partial charge in [0, 0.05) is 5.92 Å². The third kappa shape index (κ3) is 1.73. The smallest absolute Gasteiger partial charge is 0.108 e. The monoisotopic (exact) mass is 296 g/mol. The molecule has 2 aromatic rings. The van der Waals surface area contributed by atoms with Crippen LogP contribution in [0.25, 0.3) is 0 Å². The lowest BCUT2D eigenvalue weighted by Crippen LogP contribution is -2.30. The SMILES string of the molecule is Cc1ccc2c3c1[C@H](C#N)C=C[C@]3(C#N)C(c1ccccc1)C2. The fourth-order valence-electron chi connectivity index (χ4n) is 4.27. The molecule has 3 atom stereocenters. The Bertz CT molecular complexity index is 896. The van der Waals surface area contributed by atoms with Gasteiger partial charge in [0.2, 0.25) is 0 Å². The van der Waals surface area contributed by atoms with Crippen molar-refractivity contribution in [3.05, 3.63) is 82.4 Å². The first-order valence-electron chi connectivity index (χ1n) is 7.89. The van der Waals surface area contributed by atoms with Gasteiger partial charge in [-0.1, -0.05) is 54.6 Å². The minimum atomic E-state index is -0.647. The van der Waals surface area contributed by atoms with Crippen LogP contribution in [0.4, 0.5) is 0 Å². The number of allylic oxidation sites excluding steroid dienone is 2. The van der Waals surface area contributed by atoms with Crippen molar-refractivity contribution in [2.75, 3.05) is 0 Å².